The van der Waals surface area contributed by atoms with Gasteiger partial charge < -0.3 is 5.11 Å². The van der Waals surface area contributed by atoms with Gasteiger partial charge >= 0.3 is 0 Å². The SMILES string of the molecule is CC1(O)OOC(c2ccc(F)cc2)(c2ccc(F)cc2)CC1S(=O)c1ccccc1. The van der Waals surface area contributed by atoms with Crippen LogP contribution in [0.15, 0.2) is 83.8 Å². The van der Waals surface area contributed by atoms with E-state index in [1.807, 2.05) is 0 Å². The number of benzene rings is 3. The predicted octanol–water partition coefficient (Wildman–Crippen LogP) is 4.45. The Morgan fingerprint density at radius 1 is 0.867 bits per heavy atom. The second-order valence-corrected chi connectivity index (χ2v) is 9.00. The fourth-order valence-electron chi connectivity index (χ4n) is 3.62. The fraction of sp³-hybridized carbons (Fsp3) is 0.217. The van der Waals surface area contributed by atoms with Crippen LogP contribution in [0.2, 0.25) is 0 Å². The zero-order chi connectivity index (χ0) is 21.4. The van der Waals surface area contributed by atoms with Gasteiger partial charge in [-0.25, -0.2) is 13.7 Å². The minimum atomic E-state index is -1.84. The summed E-state index contributed by atoms with van der Waals surface area (Å²) >= 11 is 0. The van der Waals surface area contributed by atoms with Crippen molar-refractivity contribution < 1.29 is 27.9 Å². The van der Waals surface area contributed by atoms with Crippen molar-refractivity contribution in [2.45, 2.75) is 34.9 Å². The van der Waals surface area contributed by atoms with Crippen LogP contribution in [0.5, 0.6) is 0 Å². The molecule has 4 rings (SSSR count). The lowest BCUT2D eigenvalue weighted by atomic mass is 9.80. The van der Waals surface area contributed by atoms with Crippen molar-refractivity contribution in [3.8, 4) is 0 Å². The van der Waals surface area contributed by atoms with E-state index in [9.17, 15) is 18.1 Å². The summed E-state index contributed by atoms with van der Waals surface area (Å²) in [6.07, 6.45) is 0.0543. The molecule has 1 aliphatic heterocycles. The first kappa shape index (κ1) is 20.8. The molecule has 0 spiro atoms. The van der Waals surface area contributed by atoms with Gasteiger partial charge in [-0.2, -0.15) is 4.89 Å². The highest BCUT2D eigenvalue weighted by atomic mass is 32.2. The minimum absolute atomic E-state index is 0.0543. The van der Waals surface area contributed by atoms with Crippen molar-refractivity contribution >= 4 is 10.8 Å². The van der Waals surface area contributed by atoms with Crippen LogP contribution in [-0.2, 0) is 26.2 Å². The summed E-state index contributed by atoms with van der Waals surface area (Å²) in [5.74, 6) is -2.70. The van der Waals surface area contributed by atoms with E-state index in [1.165, 1.54) is 55.5 Å². The van der Waals surface area contributed by atoms with Crippen LogP contribution in [0.25, 0.3) is 0 Å². The van der Waals surface area contributed by atoms with Gasteiger partial charge in [-0.15, -0.1) is 0 Å². The largest absolute Gasteiger partial charge is 0.363 e. The molecule has 3 aromatic rings. The first-order valence-corrected chi connectivity index (χ1v) is 10.6. The zero-order valence-corrected chi connectivity index (χ0v) is 16.9. The van der Waals surface area contributed by atoms with E-state index in [0.29, 0.717) is 16.0 Å². The van der Waals surface area contributed by atoms with Crippen molar-refractivity contribution in [1.29, 1.82) is 0 Å². The molecule has 30 heavy (non-hydrogen) atoms. The molecule has 1 heterocycles. The van der Waals surface area contributed by atoms with E-state index in [4.69, 9.17) is 9.78 Å². The highest BCUT2D eigenvalue weighted by Gasteiger charge is 2.53. The summed E-state index contributed by atoms with van der Waals surface area (Å²) in [4.78, 5) is 11.6. The first-order valence-electron chi connectivity index (χ1n) is 9.39. The van der Waals surface area contributed by atoms with E-state index in [0.717, 1.165) is 0 Å². The number of aliphatic hydroxyl groups is 1. The number of rotatable bonds is 4. The maximum absolute atomic E-state index is 13.6. The third-order valence-corrected chi connectivity index (χ3v) is 7.14. The number of hydrogen-bond donors (Lipinski definition) is 1. The van der Waals surface area contributed by atoms with Crippen LogP contribution < -0.4 is 0 Å². The van der Waals surface area contributed by atoms with Crippen molar-refractivity contribution in [3.05, 3.63) is 102 Å². The molecule has 0 saturated carbocycles. The molecule has 156 valence electrons. The highest BCUT2D eigenvalue weighted by molar-refractivity contribution is 7.85. The lowest BCUT2D eigenvalue weighted by Crippen LogP contribution is -2.55. The van der Waals surface area contributed by atoms with Crippen LogP contribution >= 0.6 is 0 Å². The Balaban J connectivity index is 1.83. The highest BCUT2D eigenvalue weighted by Crippen LogP contribution is 2.46. The summed E-state index contributed by atoms with van der Waals surface area (Å²) < 4.78 is 40.5. The molecule has 7 heteroatoms. The van der Waals surface area contributed by atoms with Crippen LogP contribution in [0.1, 0.15) is 24.5 Å². The Hall–Kier alpha value is -2.45. The monoisotopic (exact) mass is 430 g/mol. The molecule has 3 unspecified atom stereocenters. The van der Waals surface area contributed by atoms with Gasteiger partial charge in [-0.1, -0.05) is 42.5 Å². The van der Waals surface area contributed by atoms with Gasteiger partial charge in [0.2, 0.25) is 5.79 Å². The van der Waals surface area contributed by atoms with Crippen molar-refractivity contribution in [3.63, 3.8) is 0 Å². The molecule has 0 bridgehead atoms. The van der Waals surface area contributed by atoms with E-state index in [2.05, 4.69) is 0 Å². The molecule has 0 radical (unpaired) electrons. The van der Waals surface area contributed by atoms with E-state index in [-0.39, 0.29) is 6.42 Å². The third-order valence-electron chi connectivity index (χ3n) is 5.28. The van der Waals surface area contributed by atoms with E-state index in [1.54, 1.807) is 30.3 Å². The fourth-order valence-corrected chi connectivity index (χ4v) is 5.20. The van der Waals surface area contributed by atoms with Gasteiger partial charge in [-0.3, -0.25) is 4.21 Å². The summed E-state index contributed by atoms with van der Waals surface area (Å²) in [6.45, 7) is 1.39. The maximum atomic E-state index is 13.6. The van der Waals surface area contributed by atoms with Gasteiger partial charge in [0.15, 0.2) is 5.60 Å². The third kappa shape index (κ3) is 3.81. The standard InChI is InChI=1S/C23H20F2O4S/c1-22(26)21(30(27)20-5-3-2-4-6-20)15-23(29-28-22,16-7-11-18(24)12-8-16)17-9-13-19(25)14-10-17/h2-14,21,26H,15H2,1H3. The lowest BCUT2D eigenvalue weighted by molar-refractivity contribution is -0.475. The Labute approximate surface area is 175 Å². The normalized spacial score (nSPS) is 24.3. The molecule has 3 atom stereocenters. The van der Waals surface area contributed by atoms with Gasteiger partial charge in [0.05, 0.1) is 16.0 Å². The molecule has 1 aliphatic rings. The smallest absolute Gasteiger partial charge is 0.211 e. The van der Waals surface area contributed by atoms with E-state index < -0.39 is 39.1 Å². The molecule has 1 saturated heterocycles. The van der Waals surface area contributed by atoms with Gasteiger partial charge in [-0.05, 0) is 54.4 Å². The summed E-state index contributed by atoms with van der Waals surface area (Å²) in [6, 6.07) is 20.0. The Morgan fingerprint density at radius 3 is 1.87 bits per heavy atom. The molecule has 1 N–H and O–H groups in total. The van der Waals surface area contributed by atoms with Gasteiger partial charge in [0.1, 0.15) is 11.6 Å². The second-order valence-electron chi connectivity index (χ2n) is 7.37. The van der Waals surface area contributed by atoms with Crippen molar-refractivity contribution in [2.75, 3.05) is 0 Å². The summed E-state index contributed by atoms with van der Waals surface area (Å²) in [5, 5.41) is 9.93. The quantitative estimate of drug-likeness (QED) is 0.622. The first-order chi connectivity index (χ1) is 14.3. The predicted molar refractivity (Wildman–Crippen MR) is 108 cm³/mol. The van der Waals surface area contributed by atoms with Crippen molar-refractivity contribution in [1.82, 2.24) is 0 Å². The number of hydrogen-bond acceptors (Lipinski definition) is 4. The molecule has 0 aliphatic carbocycles. The van der Waals surface area contributed by atoms with Gasteiger partial charge in [0.25, 0.3) is 0 Å². The molecule has 0 aromatic heterocycles. The lowest BCUT2D eigenvalue weighted by Gasteiger charge is -2.45. The molecular weight excluding hydrogens is 410 g/mol. The average Bonchev–Trinajstić information content (AvgIpc) is 2.75. The molecule has 0 amide bonds. The number of halogens is 2. The summed E-state index contributed by atoms with van der Waals surface area (Å²) in [5.41, 5.74) is -0.263. The maximum Gasteiger partial charge on any atom is 0.211 e. The minimum Gasteiger partial charge on any atom is -0.363 e. The summed E-state index contributed by atoms with van der Waals surface area (Å²) in [7, 11) is -1.65. The molecule has 3 aromatic carbocycles. The Bertz CT molecular complexity index is 992. The van der Waals surface area contributed by atoms with E-state index >= 15 is 0 Å². The molecule has 1 fully saturated rings. The topological polar surface area (TPSA) is 55.8 Å². The van der Waals surface area contributed by atoms with Crippen molar-refractivity contribution in [2.24, 2.45) is 0 Å². The van der Waals surface area contributed by atoms with Crippen LogP contribution in [0.4, 0.5) is 8.78 Å². The average molecular weight is 430 g/mol. The van der Waals surface area contributed by atoms with Crippen LogP contribution in [-0.4, -0.2) is 20.4 Å². The van der Waals surface area contributed by atoms with Crippen LogP contribution in [0, 0.1) is 11.6 Å². The molecule has 4 nitrogen and oxygen atoms in total. The van der Waals surface area contributed by atoms with Crippen LogP contribution in [0.3, 0.4) is 0 Å². The van der Waals surface area contributed by atoms with Gasteiger partial charge in [0, 0.05) is 11.3 Å². The Kier molecular flexibility index (Phi) is 5.55. The molecular formula is C23H20F2O4S. The second kappa shape index (κ2) is 8.00. The zero-order valence-electron chi connectivity index (χ0n) is 16.1. The Morgan fingerprint density at radius 2 is 1.37 bits per heavy atom.